The van der Waals surface area contributed by atoms with Gasteiger partial charge < -0.3 is 8.39 Å². The van der Waals surface area contributed by atoms with Gasteiger partial charge in [-0.3, -0.25) is 4.52 Å². The molecule has 0 saturated carbocycles. The molecule has 4 rings (SSSR count). The zero-order valence-corrected chi connectivity index (χ0v) is 29.6. The van der Waals surface area contributed by atoms with Crippen LogP contribution in [0.25, 0.3) is 21.9 Å². The maximum Gasteiger partial charge on any atom is 0.388 e. The predicted octanol–water partition coefficient (Wildman–Crippen LogP) is 11.8. The summed E-state index contributed by atoms with van der Waals surface area (Å²) in [5, 5.41) is 2.13. The highest BCUT2D eigenvalue weighted by molar-refractivity contribution is 9.10. The molecular formula is C35H47BrNO3P. The molecule has 0 saturated heterocycles. The maximum atomic E-state index is 6.86. The minimum absolute atomic E-state index is 0.0427. The summed E-state index contributed by atoms with van der Waals surface area (Å²) in [4.78, 5) is 4.63. The Labute approximate surface area is 256 Å². The molecule has 0 aliphatic rings. The summed E-state index contributed by atoms with van der Waals surface area (Å²) in [6.07, 6.45) is -0.331. The lowest BCUT2D eigenvalue weighted by Crippen LogP contribution is -2.17. The number of rotatable bonds is 3. The molecule has 0 fully saturated rings. The molecule has 0 aliphatic heterocycles. The Balaban J connectivity index is 2.23. The number of pyridine rings is 1. The Bertz CT molecular complexity index is 1530. The Kier molecular flexibility index (Phi) is 8.46. The summed E-state index contributed by atoms with van der Waals surface area (Å²) < 4.78 is 21.1. The van der Waals surface area contributed by atoms with E-state index in [9.17, 15) is 0 Å². The van der Waals surface area contributed by atoms with E-state index >= 15 is 0 Å². The molecule has 0 spiro atoms. The van der Waals surface area contributed by atoms with E-state index in [1.807, 2.05) is 25.1 Å². The van der Waals surface area contributed by atoms with Gasteiger partial charge in [0.2, 0.25) is 0 Å². The highest BCUT2D eigenvalue weighted by Gasteiger charge is 2.29. The van der Waals surface area contributed by atoms with Crippen molar-refractivity contribution in [1.82, 2.24) is 4.98 Å². The van der Waals surface area contributed by atoms with Crippen LogP contribution >= 0.6 is 24.2 Å². The van der Waals surface area contributed by atoms with Crippen molar-refractivity contribution in [2.24, 2.45) is 0 Å². The van der Waals surface area contributed by atoms with Gasteiger partial charge >= 0.3 is 8.24 Å². The van der Waals surface area contributed by atoms with Crippen LogP contribution in [0.3, 0.4) is 0 Å². The summed E-state index contributed by atoms with van der Waals surface area (Å²) in [6, 6.07) is 15.1. The van der Waals surface area contributed by atoms with Crippen LogP contribution in [-0.2, 0) is 21.7 Å². The summed E-state index contributed by atoms with van der Waals surface area (Å²) >= 11 is 3.50. The molecule has 41 heavy (non-hydrogen) atoms. The molecular weight excluding hydrogens is 593 g/mol. The first-order valence-corrected chi connectivity index (χ1v) is 16.4. The fraction of sp³-hybridized carbons (Fsp3) is 0.514. The number of fused-ring (bicyclic) bond motifs is 3. The number of hydrogen-bond donors (Lipinski definition) is 0. The van der Waals surface area contributed by atoms with E-state index in [2.05, 4.69) is 128 Å². The largest absolute Gasteiger partial charge is 0.399 e. The number of aromatic nitrogens is 1. The average molecular weight is 641 g/mol. The Morgan fingerprint density at radius 1 is 0.683 bits per heavy atom. The molecule has 4 nitrogen and oxygen atoms in total. The smallest absolute Gasteiger partial charge is 0.388 e. The Morgan fingerprint density at radius 3 is 1.49 bits per heavy atom. The van der Waals surface area contributed by atoms with Crippen LogP contribution in [0, 0.1) is 0 Å². The molecule has 2 heterocycles. The van der Waals surface area contributed by atoms with Crippen LogP contribution in [0.5, 0.6) is 0 Å². The van der Waals surface area contributed by atoms with Crippen molar-refractivity contribution in [3.05, 3.63) is 75.0 Å². The molecule has 0 bridgehead atoms. The molecule has 1 atom stereocenters. The molecule has 0 N–H and O–H groups in total. The lowest BCUT2D eigenvalue weighted by atomic mass is 9.77. The van der Waals surface area contributed by atoms with Crippen LogP contribution in [0.15, 0.2) is 55.5 Å². The van der Waals surface area contributed by atoms with Gasteiger partial charge in [0.1, 0.15) is 21.9 Å². The third kappa shape index (κ3) is 6.95. The predicted molar refractivity (Wildman–Crippen MR) is 178 cm³/mol. The molecule has 6 heteroatoms. The molecule has 0 radical (unpaired) electrons. The first-order chi connectivity index (χ1) is 18.7. The standard InChI is InChI=1S/C35H47BrNO3P/c1-21(28-15-14-16-29(36)37-28)38-41-39-30-24(17-22(32(2,3)4)19-26(30)34(8,9)10)25-18-23(33(5,6)7)20-27(31(25)40-41)35(11,12)13/h14-21H,1-13H3/t21-/m0/s1. The van der Waals surface area contributed by atoms with Crippen molar-refractivity contribution >= 4 is 46.1 Å². The molecule has 4 aromatic rings. The van der Waals surface area contributed by atoms with Crippen molar-refractivity contribution in [1.29, 1.82) is 0 Å². The summed E-state index contributed by atoms with van der Waals surface area (Å²) in [5.74, 6) is 0. The highest BCUT2D eigenvalue weighted by atomic mass is 79.9. The topological polar surface area (TPSA) is 48.4 Å². The molecule has 0 unspecified atom stereocenters. The van der Waals surface area contributed by atoms with Gasteiger partial charge in [-0.25, -0.2) is 4.98 Å². The first-order valence-electron chi connectivity index (χ1n) is 14.5. The maximum absolute atomic E-state index is 6.86. The third-order valence-electron chi connectivity index (χ3n) is 7.55. The molecule has 2 aromatic carbocycles. The van der Waals surface area contributed by atoms with E-state index in [0.29, 0.717) is 0 Å². The third-order valence-corrected chi connectivity index (χ3v) is 9.14. The number of benzene rings is 2. The Morgan fingerprint density at radius 2 is 1.12 bits per heavy atom. The Hall–Kier alpha value is -2.07. The van der Waals surface area contributed by atoms with E-state index < -0.39 is 8.24 Å². The second-order valence-electron chi connectivity index (χ2n) is 15.3. The average Bonchev–Trinajstić information content (AvgIpc) is 2.96. The lowest BCUT2D eigenvalue weighted by Gasteiger charge is -2.27. The van der Waals surface area contributed by atoms with E-state index in [1.165, 1.54) is 11.1 Å². The van der Waals surface area contributed by atoms with E-state index in [-0.39, 0.29) is 27.8 Å². The minimum atomic E-state index is -1.80. The van der Waals surface area contributed by atoms with Gasteiger partial charge in [0.15, 0.2) is 0 Å². The van der Waals surface area contributed by atoms with Gasteiger partial charge in [-0.15, -0.1) is 0 Å². The van der Waals surface area contributed by atoms with Crippen molar-refractivity contribution in [3.63, 3.8) is 0 Å². The monoisotopic (exact) mass is 639 g/mol. The van der Waals surface area contributed by atoms with Crippen molar-refractivity contribution in [2.45, 2.75) is 118 Å². The minimum Gasteiger partial charge on any atom is -0.399 e. The molecule has 0 aliphatic carbocycles. The first kappa shape index (κ1) is 31.9. The molecule has 222 valence electrons. The SMILES string of the molecule is C[C@H](Op1oc2c(C(C)(C)C)cc(C(C)(C)C)cc2c2cc(C(C)(C)C)cc(C(C)(C)C)c2o1)c1cccc(Br)n1. The van der Waals surface area contributed by atoms with E-state index in [0.717, 1.165) is 43.4 Å². The van der Waals surface area contributed by atoms with E-state index in [1.54, 1.807) is 0 Å². The number of halogens is 1. The number of hydrogen-bond acceptors (Lipinski definition) is 4. The van der Waals surface area contributed by atoms with Crippen LogP contribution in [0.2, 0.25) is 0 Å². The summed E-state index contributed by atoms with van der Waals surface area (Å²) in [6.45, 7) is 29.1. The summed E-state index contributed by atoms with van der Waals surface area (Å²) in [7, 11) is -1.80. The van der Waals surface area contributed by atoms with E-state index in [4.69, 9.17) is 12.9 Å². The van der Waals surface area contributed by atoms with Gasteiger partial charge in [-0.1, -0.05) is 101 Å². The van der Waals surface area contributed by atoms with Gasteiger partial charge in [0.05, 0.1) is 5.69 Å². The van der Waals surface area contributed by atoms with Gasteiger partial charge in [0.25, 0.3) is 0 Å². The fourth-order valence-electron chi connectivity index (χ4n) is 4.88. The van der Waals surface area contributed by atoms with Crippen molar-refractivity contribution in [2.75, 3.05) is 0 Å². The van der Waals surface area contributed by atoms with Gasteiger partial charge in [0, 0.05) is 21.9 Å². The highest BCUT2D eigenvalue weighted by Crippen LogP contribution is 2.45. The van der Waals surface area contributed by atoms with Crippen molar-refractivity contribution < 1.29 is 12.9 Å². The quantitative estimate of drug-likeness (QED) is 0.209. The zero-order chi connectivity index (χ0) is 30.7. The van der Waals surface area contributed by atoms with Gasteiger partial charge in [-0.2, -0.15) is 0 Å². The second-order valence-corrected chi connectivity index (χ2v) is 17.2. The van der Waals surface area contributed by atoms with Crippen molar-refractivity contribution in [3.8, 4) is 0 Å². The number of nitrogens with zero attached hydrogens (tertiary/aromatic N) is 1. The molecule has 2 aromatic heterocycles. The van der Waals surface area contributed by atoms with Crippen LogP contribution in [0.1, 0.15) is 124 Å². The van der Waals surface area contributed by atoms with Crippen LogP contribution < -0.4 is 4.52 Å². The second kappa shape index (κ2) is 10.9. The lowest BCUT2D eigenvalue weighted by molar-refractivity contribution is 0.279. The van der Waals surface area contributed by atoms with Crippen LogP contribution in [0.4, 0.5) is 0 Å². The zero-order valence-electron chi connectivity index (χ0n) is 27.1. The summed E-state index contributed by atoms with van der Waals surface area (Å²) in [5.41, 5.74) is 6.94. The normalized spacial score (nSPS) is 14.1. The van der Waals surface area contributed by atoms with Crippen LogP contribution in [-0.4, -0.2) is 4.98 Å². The van der Waals surface area contributed by atoms with Gasteiger partial charge in [-0.05, 0) is 79.9 Å². The fourth-order valence-corrected chi connectivity index (χ4v) is 6.42. The molecule has 0 amide bonds.